The Morgan fingerprint density at radius 3 is 2.69 bits per heavy atom. The van der Waals surface area contributed by atoms with E-state index in [1.165, 1.54) is 0 Å². The van der Waals surface area contributed by atoms with Gasteiger partial charge in [-0.2, -0.15) is 5.10 Å². The smallest absolute Gasteiger partial charge is 0.166 e. The Labute approximate surface area is 77.5 Å². The molecule has 0 amide bonds. The molecule has 68 valence electrons. The number of anilines is 1. The molecule has 0 saturated carbocycles. The number of carbonyl (C=O) groups is 1. The van der Waals surface area contributed by atoms with Crippen LogP contribution in [-0.2, 0) is 4.79 Å². The molecule has 0 aliphatic rings. The average molecular weight is 176 g/mol. The lowest BCUT2D eigenvalue weighted by Gasteiger charge is -1.99. The molecule has 0 spiro atoms. The van der Waals surface area contributed by atoms with E-state index in [4.69, 9.17) is 0 Å². The number of rotatable bonds is 4. The highest BCUT2D eigenvalue weighted by Crippen LogP contribution is 2.04. The number of para-hydroxylation sites is 1. The van der Waals surface area contributed by atoms with Crippen molar-refractivity contribution < 1.29 is 4.79 Å². The average Bonchev–Trinajstić information content (AvgIpc) is 2.21. The Morgan fingerprint density at radius 1 is 1.46 bits per heavy atom. The minimum atomic E-state index is 0.517. The molecule has 3 nitrogen and oxygen atoms in total. The van der Waals surface area contributed by atoms with Crippen molar-refractivity contribution in [2.24, 2.45) is 5.10 Å². The Kier molecular flexibility index (Phi) is 3.70. The van der Waals surface area contributed by atoms with Crippen LogP contribution in [0.1, 0.15) is 13.3 Å². The van der Waals surface area contributed by atoms with E-state index in [-0.39, 0.29) is 0 Å². The van der Waals surface area contributed by atoms with Gasteiger partial charge in [-0.3, -0.25) is 10.2 Å². The van der Waals surface area contributed by atoms with E-state index in [0.717, 1.165) is 12.0 Å². The zero-order valence-corrected chi connectivity index (χ0v) is 7.53. The van der Waals surface area contributed by atoms with Gasteiger partial charge in [0.05, 0.1) is 5.69 Å². The van der Waals surface area contributed by atoms with Gasteiger partial charge in [-0.25, -0.2) is 0 Å². The number of hydrogen-bond donors (Lipinski definition) is 1. The molecular formula is C10H12N2O. The third kappa shape index (κ3) is 3.07. The van der Waals surface area contributed by atoms with Crippen LogP contribution in [-0.4, -0.2) is 12.0 Å². The monoisotopic (exact) mass is 176 g/mol. The Hall–Kier alpha value is -1.64. The SMILES string of the molecule is CC/C(C=O)=N/Nc1ccccc1. The third-order valence-corrected chi connectivity index (χ3v) is 1.60. The summed E-state index contributed by atoms with van der Waals surface area (Å²) < 4.78 is 0. The minimum absolute atomic E-state index is 0.517. The van der Waals surface area contributed by atoms with Crippen LogP contribution >= 0.6 is 0 Å². The first-order chi connectivity index (χ1) is 6.36. The molecule has 0 aromatic heterocycles. The van der Waals surface area contributed by atoms with Crippen LogP contribution in [0.3, 0.4) is 0 Å². The zero-order chi connectivity index (χ0) is 9.52. The first-order valence-electron chi connectivity index (χ1n) is 4.19. The fourth-order valence-electron chi connectivity index (χ4n) is 0.838. The Balaban J connectivity index is 2.60. The molecule has 0 fully saturated rings. The molecule has 3 heteroatoms. The van der Waals surface area contributed by atoms with Gasteiger partial charge < -0.3 is 0 Å². The molecule has 0 unspecified atom stereocenters. The predicted octanol–water partition coefficient (Wildman–Crippen LogP) is 2.06. The first kappa shape index (κ1) is 9.45. The fraction of sp³-hybridized carbons (Fsp3) is 0.200. The molecule has 1 aromatic rings. The number of nitrogens with one attached hydrogen (secondary N) is 1. The van der Waals surface area contributed by atoms with Crippen molar-refractivity contribution in [1.82, 2.24) is 0 Å². The van der Waals surface area contributed by atoms with Crippen molar-refractivity contribution in [1.29, 1.82) is 0 Å². The highest BCUT2D eigenvalue weighted by molar-refractivity contribution is 6.28. The molecule has 0 atom stereocenters. The summed E-state index contributed by atoms with van der Waals surface area (Å²) in [7, 11) is 0. The maximum absolute atomic E-state index is 10.4. The van der Waals surface area contributed by atoms with Gasteiger partial charge in [0.2, 0.25) is 0 Å². The summed E-state index contributed by atoms with van der Waals surface area (Å²) in [6.45, 7) is 1.89. The van der Waals surface area contributed by atoms with Crippen LogP contribution in [0.4, 0.5) is 5.69 Å². The predicted molar refractivity (Wildman–Crippen MR) is 53.9 cm³/mol. The lowest BCUT2D eigenvalue weighted by Crippen LogP contribution is -2.01. The standard InChI is InChI=1S/C10H12N2O/c1-2-9(8-13)11-12-10-6-4-3-5-7-10/h3-8,12H,2H2,1H3/b11-9-. The van der Waals surface area contributed by atoms with Crippen molar-refractivity contribution in [2.75, 3.05) is 5.43 Å². The van der Waals surface area contributed by atoms with Crippen molar-refractivity contribution in [3.8, 4) is 0 Å². The number of nitrogens with zero attached hydrogens (tertiary/aromatic N) is 1. The van der Waals surface area contributed by atoms with Crippen molar-refractivity contribution in [2.45, 2.75) is 13.3 Å². The van der Waals surface area contributed by atoms with Crippen LogP contribution in [0, 0.1) is 0 Å². The molecule has 0 aliphatic heterocycles. The second-order valence-electron chi connectivity index (χ2n) is 2.55. The summed E-state index contributed by atoms with van der Waals surface area (Å²) in [5, 5.41) is 3.93. The van der Waals surface area contributed by atoms with Gasteiger partial charge in [0, 0.05) is 0 Å². The molecule has 13 heavy (non-hydrogen) atoms. The molecule has 0 saturated heterocycles. The zero-order valence-electron chi connectivity index (χ0n) is 7.53. The van der Waals surface area contributed by atoms with Gasteiger partial charge in [-0.05, 0) is 18.6 Å². The van der Waals surface area contributed by atoms with Crippen LogP contribution in [0.2, 0.25) is 0 Å². The molecule has 0 radical (unpaired) electrons. The molecule has 1 aromatic carbocycles. The molecule has 1 N–H and O–H groups in total. The van der Waals surface area contributed by atoms with Crippen LogP contribution in [0.5, 0.6) is 0 Å². The highest BCUT2D eigenvalue weighted by Gasteiger charge is 1.91. The van der Waals surface area contributed by atoms with E-state index < -0.39 is 0 Å². The van der Waals surface area contributed by atoms with E-state index in [9.17, 15) is 4.79 Å². The van der Waals surface area contributed by atoms with Gasteiger partial charge in [0.1, 0.15) is 5.71 Å². The number of hydrazone groups is 1. The summed E-state index contributed by atoms with van der Waals surface area (Å²) in [5.74, 6) is 0. The molecule has 1 rings (SSSR count). The van der Waals surface area contributed by atoms with Gasteiger partial charge in [-0.15, -0.1) is 0 Å². The fourth-order valence-corrected chi connectivity index (χ4v) is 0.838. The van der Waals surface area contributed by atoms with Gasteiger partial charge in [-0.1, -0.05) is 25.1 Å². The van der Waals surface area contributed by atoms with E-state index >= 15 is 0 Å². The first-order valence-corrected chi connectivity index (χ1v) is 4.19. The van der Waals surface area contributed by atoms with Gasteiger partial charge >= 0.3 is 0 Å². The van der Waals surface area contributed by atoms with E-state index in [0.29, 0.717) is 12.1 Å². The van der Waals surface area contributed by atoms with Gasteiger partial charge in [0.15, 0.2) is 6.29 Å². The van der Waals surface area contributed by atoms with Crippen LogP contribution in [0.25, 0.3) is 0 Å². The van der Waals surface area contributed by atoms with E-state index in [1.54, 1.807) is 0 Å². The van der Waals surface area contributed by atoms with Crippen LogP contribution in [0.15, 0.2) is 35.4 Å². The Bertz CT molecular complexity index is 293. The quantitative estimate of drug-likeness (QED) is 0.433. The number of aldehydes is 1. The summed E-state index contributed by atoms with van der Waals surface area (Å²) in [4.78, 5) is 10.4. The topological polar surface area (TPSA) is 41.5 Å². The van der Waals surface area contributed by atoms with Gasteiger partial charge in [0.25, 0.3) is 0 Å². The molecule has 0 bridgehead atoms. The summed E-state index contributed by atoms with van der Waals surface area (Å²) in [6.07, 6.45) is 1.40. The summed E-state index contributed by atoms with van der Waals surface area (Å²) in [5.41, 5.74) is 4.21. The minimum Gasteiger partial charge on any atom is -0.296 e. The maximum Gasteiger partial charge on any atom is 0.166 e. The second-order valence-corrected chi connectivity index (χ2v) is 2.55. The number of carbonyl (C=O) groups excluding carboxylic acids is 1. The largest absolute Gasteiger partial charge is 0.296 e. The molecular weight excluding hydrogens is 164 g/mol. The lowest BCUT2D eigenvalue weighted by molar-refractivity contribution is -0.102. The summed E-state index contributed by atoms with van der Waals surface area (Å²) >= 11 is 0. The normalized spacial score (nSPS) is 11.0. The maximum atomic E-state index is 10.4. The van der Waals surface area contributed by atoms with E-state index in [2.05, 4.69) is 10.5 Å². The molecule has 0 heterocycles. The van der Waals surface area contributed by atoms with Crippen LogP contribution < -0.4 is 5.43 Å². The van der Waals surface area contributed by atoms with Crippen molar-refractivity contribution in [3.05, 3.63) is 30.3 Å². The van der Waals surface area contributed by atoms with E-state index in [1.807, 2.05) is 37.3 Å². The highest BCUT2D eigenvalue weighted by atomic mass is 16.1. The second kappa shape index (κ2) is 5.09. The lowest BCUT2D eigenvalue weighted by atomic mass is 10.3. The number of hydrogen-bond acceptors (Lipinski definition) is 3. The van der Waals surface area contributed by atoms with Crippen molar-refractivity contribution >= 4 is 17.7 Å². The summed E-state index contributed by atoms with van der Waals surface area (Å²) in [6, 6.07) is 9.52. The Morgan fingerprint density at radius 2 is 2.15 bits per heavy atom. The third-order valence-electron chi connectivity index (χ3n) is 1.60. The molecule has 0 aliphatic carbocycles. The van der Waals surface area contributed by atoms with Crippen molar-refractivity contribution in [3.63, 3.8) is 0 Å². The number of benzene rings is 1.